The number of carbonyl (C=O) groups excluding carboxylic acids is 1. The molecule has 0 aliphatic heterocycles. The van der Waals surface area contributed by atoms with Gasteiger partial charge in [-0.2, -0.15) is 13.2 Å². The lowest BCUT2D eigenvalue weighted by atomic mass is 10.2. The van der Waals surface area contributed by atoms with Crippen molar-refractivity contribution in [3.05, 3.63) is 29.8 Å². The molecule has 0 aliphatic rings. The molecule has 16 heavy (non-hydrogen) atoms. The minimum absolute atomic E-state index is 0.127. The van der Waals surface area contributed by atoms with Crippen LogP contribution in [0.15, 0.2) is 24.3 Å². The monoisotopic (exact) mass is 232 g/mol. The van der Waals surface area contributed by atoms with E-state index in [1.807, 2.05) is 0 Å². The zero-order valence-corrected chi connectivity index (χ0v) is 8.56. The van der Waals surface area contributed by atoms with Gasteiger partial charge in [-0.1, -0.05) is 12.1 Å². The average molecular weight is 232 g/mol. The Morgan fingerprint density at radius 3 is 2.25 bits per heavy atom. The summed E-state index contributed by atoms with van der Waals surface area (Å²) in [6.07, 6.45) is -4.86. The molecule has 0 saturated carbocycles. The Hall–Kier alpha value is -1.56. The van der Waals surface area contributed by atoms with Gasteiger partial charge in [-0.05, 0) is 24.7 Å². The maximum atomic E-state index is 11.9. The summed E-state index contributed by atoms with van der Waals surface area (Å²) in [6, 6.07) is 6.14. The predicted octanol–water partition coefficient (Wildman–Crippen LogP) is 1.91. The predicted molar refractivity (Wildman–Crippen MR) is 53.9 cm³/mol. The number of benzene rings is 1. The van der Waals surface area contributed by atoms with E-state index in [1.54, 1.807) is 24.5 Å². The highest BCUT2D eigenvalue weighted by atomic mass is 19.4. The van der Waals surface area contributed by atoms with E-state index in [2.05, 4.69) is 5.32 Å². The van der Waals surface area contributed by atoms with Gasteiger partial charge in [0.25, 0.3) is 0 Å². The topological polar surface area (TPSA) is 41.1 Å². The first-order valence-electron chi connectivity index (χ1n) is 4.55. The lowest BCUT2D eigenvalue weighted by Gasteiger charge is -2.08. The first-order valence-corrected chi connectivity index (χ1v) is 4.55. The third-order valence-electron chi connectivity index (χ3n) is 1.85. The molecular formula is C10H11F3N2O. The van der Waals surface area contributed by atoms with Gasteiger partial charge in [0.1, 0.15) is 0 Å². The molecule has 3 nitrogen and oxygen atoms in total. The summed E-state index contributed by atoms with van der Waals surface area (Å²) in [7, 11) is 1.76. The number of rotatable bonds is 3. The lowest BCUT2D eigenvalue weighted by Crippen LogP contribution is -2.29. The Bertz CT molecular complexity index is 359. The van der Waals surface area contributed by atoms with Crippen molar-refractivity contribution in [1.29, 1.82) is 0 Å². The Balaban J connectivity index is 2.65. The van der Waals surface area contributed by atoms with Crippen LogP contribution in [0.5, 0.6) is 0 Å². The first kappa shape index (κ1) is 12.5. The summed E-state index contributed by atoms with van der Waals surface area (Å²) < 4.78 is 35.7. The van der Waals surface area contributed by atoms with Crippen LogP contribution in [0.25, 0.3) is 0 Å². The minimum Gasteiger partial charge on any atom is -0.318 e. The Morgan fingerprint density at radius 1 is 1.25 bits per heavy atom. The molecule has 0 aliphatic carbocycles. The van der Waals surface area contributed by atoms with E-state index in [-0.39, 0.29) is 5.69 Å². The van der Waals surface area contributed by atoms with Crippen LogP contribution in [-0.2, 0) is 11.3 Å². The highest BCUT2D eigenvalue weighted by Crippen LogP contribution is 2.18. The second kappa shape index (κ2) is 4.98. The number of hydrogen-bond donors (Lipinski definition) is 2. The fraction of sp³-hybridized carbons (Fsp3) is 0.300. The number of amides is 1. The second-order valence-corrected chi connectivity index (χ2v) is 3.18. The molecule has 1 aromatic rings. The quantitative estimate of drug-likeness (QED) is 0.835. The van der Waals surface area contributed by atoms with E-state index in [1.165, 1.54) is 12.1 Å². The van der Waals surface area contributed by atoms with Crippen LogP contribution in [0.1, 0.15) is 5.56 Å². The zero-order valence-electron chi connectivity index (χ0n) is 8.56. The van der Waals surface area contributed by atoms with E-state index >= 15 is 0 Å². The van der Waals surface area contributed by atoms with E-state index in [0.29, 0.717) is 6.54 Å². The van der Waals surface area contributed by atoms with Crippen molar-refractivity contribution in [3.63, 3.8) is 0 Å². The SMILES string of the molecule is CNCc1ccc(NC(=O)C(F)(F)F)cc1. The number of hydrogen-bond acceptors (Lipinski definition) is 2. The summed E-state index contributed by atoms with van der Waals surface area (Å²) in [5.74, 6) is -1.96. The van der Waals surface area contributed by atoms with Gasteiger partial charge in [0, 0.05) is 12.2 Å². The van der Waals surface area contributed by atoms with E-state index in [9.17, 15) is 18.0 Å². The van der Waals surface area contributed by atoms with Crippen LogP contribution in [0.4, 0.5) is 18.9 Å². The van der Waals surface area contributed by atoms with Gasteiger partial charge < -0.3 is 10.6 Å². The van der Waals surface area contributed by atoms with Gasteiger partial charge >= 0.3 is 12.1 Å². The normalized spacial score (nSPS) is 11.2. The van der Waals surface area contributed by atoms with Gasteiger partial charge in [0.2, 0.25) is 0 Å². The van der Waals surface area contributed by atoms with Crippen LogP contribution < -0.4 is 10.6 Å². The molecule has 6 heteroatoms. The molecule has 0 unspecified atom stereocenters. The molecule has 0 heterocycles. The smallest absolute Gasteiger partial charge is 0.318 e. The third kappa shape index (κ3) is 3.54. The fourth-order valence-corrected chi connectivity index (χ4v) is 1.11. The van der Waals surface area contributed by atoms with E-state index in [4.69, 9.17) is 0 Å². The highest BCUT2D eigenvalue weighted by molar-refractivity contribution is 5.94. The molecule has 88 valence electrons. The zero-order chi connectivity index (χ0) is 12.2. The number of halogens is 3. The summed E-state index contributed by atoms with van der Waals surface area (Å²) >= 11 is 0. The van der Waals surface area contributed by atoms with E-state index in [0.717, 1.165) is 5.56 Å². The Kier molecular flexibility index (Phi) is 3.89. The fourth-order valence-electron chi connectivity index (χ4n) is 1.11. The molecular weight excluding hydrogens is 221 g/mol. The number of nitrogens with one attached hydrogen (secondary N) is 2. The van der Waals surface area contributed by atoms with Crippen LogP contribution in [0.2, 0.25) is 0 Å². The van der Waals surface area contributed by atoms with E-state index < -0.39 is 12.1 Å². The van der Waals surface area contributed by atoms with Gasteiger partial charge in [0.15, 0.2) is 0 Å². The molecule has 1 rings (SSSR count). The molecule has 0 atom stereocenters. The third-order valence-corrected chi connectivity index (χ3v) is 1.85. The molecule has 0 saturated heterocycles. The molecule has 1 amide bonds. The molecule has 0 spiro atoms. The lowest BCUT2D eigenvalue weighted by molar-refractivity contribution is -0.167. The standard InChI is InChI=1S/C10H11F3N2O/c1-14-6-7-2-4-8(5-3-7)15-9(16)10(11,12)13/h2-5,14H,6H2,1H3,(H,15,16). The molecule has 0 fully saturated rings. The van der Waals surface area contributed by atoms with Crippen LogP contribution >= 0.6 is 0 Å². The summed E-state index contributed by atoms with van der Waals surface area (Å²) in [6.45, 7) is 0.619. The van der Waals surface area contributed by atoms with Crippen molar-refractivity contribution >= 4 is 11.6 Å². The summed E-state index contributed by atoms with van der Waals surface area (Å²) in [4.78, 5) is 10.6. The number of anilines is 1. The largest absolute Gasteiger partial charge is 0.471 e. The highest BCUT2D eigenvalue weighted by Gasteiger charge is 2.38. The van der Waals surface area contributed by atoms with Crippen LogP contribution in [-0.4, -0.2) is 19.1 Å². The maximum Gasteiger partial charge on any atom is 0.471 e. The van der Waals surface area contributed by atoms with Crippen LogP contribution in [0.3, 0.4) is 0 Å². The molecule has 0 radical (unpaired) electrons. The molecule has 1 aromatic carbocycles. The first-order chi connectivity index (χ1) is 7.43. The van der Waals surface area contributed by atoms with Crippen molar-refractivity contribution < 1.29 is 18.0 Å². The van der Waals surface area contributed by atoms with Gasteiger partial charge in [-0.25, -0.2) is 0 Å². The van der Waals surface area contributed by atoms with Gasteiger partial charge in [0.05, 0.1) is 0 Å². The Morgan fingerprint density at radius 2 is 1.81 bits per heavy atom. The number of alkyl halides is 3. The summed E-state index contributed by atoms with van der Waals surface area (Å²) in [5, 5.41) is 4.67. The molecule has 0 bridgehead atoms. The van der Waals surface area contributed by atoms with Gasteiger partial charge in [-0.3, -0.25) is 4.79 Å². The second-order valence-electron chi connectivity index (χ2n) is 3.18. The maximum absolute atomic E-state index is 11.9. The minimum atomic E-state index is -4.86. The number of carbonyl (C=O) groups is 1. The van der Waals surface area contributed by atoms with Crippen LogP contribution in [0, 0.1) is 0 Å². The Labute approximate surface area is 90.6 Å². The van der Waals surface area contributed by atoms with Crippen molar-refractivity contribution in [2.45, 2.75) is 12.7 Å². The van der Waals surface area contributed by atoms with Crippen molar-refractivity contribution in [2.75, 3.05) is 12.4 Å². The molecule has 2 N–H and O–H groups in total. The van der Waals surface area contributed by atoms with Crippen molar-refractivity contribution in [3.8, 4) is 0 Å². The van der Waals surface area contributed by atoms with Gasteiger partial charge in [-0.15, -0.1) is 0 Å². The molecule has 0 aromatic heterocycles. The van der Waals surface area contributed by atoms with Crippen molar-refractivity contribution in [2.24, 2.45) is 0 Å². The average Bonchev–Trinajstić information content (AvgIpc) is 2.20. The summed E-state index contributed by atoms with van der Waals surface area (Å²) in [5.41, 5.74) is 1.05. The van der Waals surface area contributed by atoms with Crippen molar-refractivity contribution in [1.82, 2.24) is 5.32 Å².